The van der Waals surface area contributed by atoms with Crippen molar-refractivity contribution in [3.8, 4) is 11.4 Å². The highest BCUT2D eigenvalue weighted by Gasteiger charge is 2.28. The van der Waals surface area contributed by atoms with E-state index in [2.05, 4.69) is 28.7 Å². The summed E-state index contributed by atoms with van der Waals surface area (Å²) in [6.45, 7) is 8.98. The monoisotopic (exact) mass is 447 g/mol. The number of carbonyl (C=O) groups excluding carboxylic acids is 2. The number of hydrogen-bond donors (Lipinski definition) is 1. The Kier molecular flexibility index (Phi) is 8.26. The smallest absolute Gasteiger partial charge is 0.367 e. The summed E-state index contributed by atoms with van der Waals surface area (Å²) in [5.41, 5.74) is 2.94. The Hall–Kier alpha value is -2.19. The first-order valence-electron chi connectivity index (χ1n) is 11.3. The molecule has 8 heteroatoms. The maximum absolute atomic E-state index is 13.2. The highest BCUT2D eigenvalue weighted by atomic mass is 32.1. The number of nitrogens with one attached hydrogen (secondary N) is 1. The molecule has 0 saturated carbocycles. The van der Waals surface area contributed by atoms with Crippen molar-refractivity contribution in [3.05, 3.63) is 27.7 Å². The van der Waals surface area contributed by atoms with Gasteiger partial charge in [0.1, 0.15) is 6.23 Å². The SMILES string of the molecule is CCCCC(CC)NC(=O)c1cc(-c2csc(C(=O)OCC)n2)n(C2CCCO2)c1C. The molecular formula is C23H33N3O4S. The van der Waals surface area contributed by atoms with Crippen molar-refractivity contribution in [1.29, 1.82) is 0 Å². The van der Waals surface area contributed by atoms with Gasteiger partial charge in [0.25, 0.3) is 5.91 Å². The van der Waals surface area contributed by atoms with Crippen molar-refractivity contribution in [2.45, 2.75) is 78.5 Å². The quantitative estimate of drug-likeness (QED) is 0.512. The van der Waals surface area contributed by atoms with Gasteiger partial charge in [0.2, 0.25) is 5.01 Å². The molecule has 1 N–H and O–H groups in total. The van der Waals surface area contributed by atoms with E-state index in [0.29, 0.717) is 29.5 Å². The van der Waals surface area contributed by atoms with Crippen LogP contribution >= 0.6 is 11.3 Å². The molecule has 0 aromatic carbocycles. The summed E-state index contributed by atoms with van der Waals surface area (Å²) in [4.78, 5) is 29.7. The second kappa shape index (κ2) is 10.9. The molecule has 3 heterocycles. The molecule has 0 radical (unpaired) electrons. The molecule has 3 rings (SSSR count). The molecule has 0 spiro atoms. The van der Waals surface area contributed by atoms with E-state index < -0.39 is 5.97 Å². The molecule has 1 aliphatic heterocycles. The largest absolute Gasteiger partial charge is 0.461 e. The number of aromatic nitrogens is 2. The molecule has 1 amide bonds. The van der Waals surface area contributed by atoms with E-state index in [0.717, 1.165) is 49.9 Å². The number of carbonyl (C=O) groups is 2. The minimum absolute atomic E-state index is 0.0701. The summed E-state index contributed by atoms with van der Waals surface area (Å²) in [5.74, 6) is -0.496. The molecule has 7 nitrogen and oxygen atoms in total. The van der Waals surface area contributed by atoms with Gasteiger partial charge in [0.15, 0.2) is 0 Å². The number of hydrogen-bond acceptors (Lipinski definition) is 6. The van der Waals surface area contributed by atoms with Gasteiger partial charge in [-0.05, 0) is 45.6 Å². The van der Waals surface area contributed by atoms with E-state index in [1.807, 2.05) is 18.4 Å². The summed E-state index contributed by atoms with van der Waals surface area (Å²) in [5, 5.41) is 5.35. The lowest BCUT2D eigenvalue weighted by Gasteiger charge is -2.19. The Morgan fingerprint density at radius 2 is 2.19 bits per heavy atom. The first kappa shape index (κ1) is 23.5. The van der Waals surface area contributed by atoms with Crippen molar-refractivity contribution in [2.24, 2.45) is 0 Å². The van der Waals surface area contributed by atoms with Gasteiger partial charge < -0.3 is 19.4 Å². The Morgan fingerprint density at radius 3 is 2.84 bits per heavy atom. The van der Waals surface area contributed by atoms with E-state index in [-0.39, 0.29) is 18.2 Å². The molecule has 31 heavy (non-hydrogen) atoms. The molecule has 2 aromatic rings. The fourth-order valence-electron chi connectivity index (χ4n) is 3.95. The molecule has 1 aliphatic rings. The predicted molar refractivity (Wildman–Crippen MR) is 122 cm³/mol. The molecule has 1 fully saturated rings. The molecule has 2 unspecified atom stereocenters. The lowest BCUT2D eigenvalue weighted by Crippen LogP contribution is -2.34. The molecule has 2 atom stereocenters. The third-order valence-corrected chi connectivity index (χ3v) is 6.50. The second-order valence-electron chi connectivity index (χ2n) is 7.85. The Balaban J connectivity index is 1.94. The van der Waals surface area contributed by atoms with Crippen LogP contribution in [-0.2, 0) is 9.47 Å². The number of rotatable bonds is 10. The summed E-state index contributed by atoms with van der Waals surface area (Å²) in [7, 11) is 0. The van der Waals surface area contributed by atoms with Crippen molar-refractivity contribution >= 4 is 23.2 Å². The van der Waals surface area contributed by atoms with Crippen LogP contribution < -0.4 is 5.32 Å². The number of unbranched alkanes of at least 4 members (excludes halogenated alkanes) is 1. The van der Waals surface area contributed by atoms with Gasteiger partial charge >= 0.3 is 5.97 Å². The molecular weight excluding hydrogens is 414 g/mol. The molecule has 0 bridgehead atoms. The number of ether oxygens (including phenoxy) is 2. The highest BCUT2D eigenvalue weighted by molar-refractivity contribution is 7.11. The van der Waals surface area contributed by atoms with E-state index in [4.69, 9.17) is 9.47 Å². The van der Waals surface area contributed by atoms with Crippen LogP contribution in [0.3, 0.4) is 0 Å². The van der Waals surface area contributed by atoms with Gasteiger partial charge in [-0.1, -0.05) is 26.7 Å². The Morgan fingerprint density at radius 1 is 1.39 bits per heavy atom. The van der Waals surface area contributed by atoms with Crippen LogP contribution in [0.15, 0.2) is 11.4 Å². The number of thiazole rings is 1. The standard InChI is InChI=1S/C23H33N3O4S/c1-5-8-10-16(6-2)24-21(27)17-13-19(26(15(17)4)20-11-9-12-30-20)18-14-31-22(25-18)23(28)29-7-3/h13-14,16,20H,5-12H2,1-4H3,(H,24,27). The predicted octanol–water partition coefficient (Wildman–Crippen LogP) is 5.10. The fourth-order valence-corrected chi connectivity index (χ4v) is 4.66. The average molecular weight is 448 g/mol. The lowest BCUT2D eigenvalue weighted by molar-refractivity contribution is 0.0526. The lowest BCUT2D eigenvalue weighted by atomic mass is 10.1. The van der Waals surface area contributed by atoms with Crippen molar-refractivity contribution in [1.82, 2.24) is 14.9 Å². The molecule has 170 valence electrons. The zero-order valence-electron chi connectivity index (χ0n) is 18.9. The van der Waals surface area contributed by atoms with E-state index in [1.165, 1.54) is 11.3 Å². The normalized spacial score (nSPS) is 17.0. The van der Waals surface area contributed by atoms with Gasteiger partial charge in [0, 0.05) is 23.7 Å². The zero-order chi connectivity index (χ0) is 22.4. The van der Waals surface area contributed by atoms with Crippen LogP contribution in [0.25, 0.3) is 11.4 Å². The maximum atomic E-state index is 13.2. The number of esters is 1. The summed E-state index contributed by atoms with van der Waals surface area (Å²) in [6, 6.07) is 2.04. The van der Waals surface area contributed by atoms with Crippen molar-refractivity contribution in [2.75, 3.05) is 13.2 Å². The first-order chi connectivity index (χ1) is 15.0. The first-order valence-corrected chi connectivity index (χ1v) is 12.1. The summed E-state index contributed by atoms with van der Waals surface area (Å²) < 4.78 is 13.1. The van der Waals surface area contributed by atoms with Crippen LogP contribution in [0.5, 0.6) is 0 Å². The minimum atomic E-state index is -0.426. The third kappa shape index (κ3) is 5.36. The highest BCUT2D eigenvalue weighted by Crippen LogP contribution is 2.35. The van der Waals surface area contributed by atoms with Gasteiger partial charge in [0.05, 0.1) is 23.6 Å². The van der Waals surface area contributed by atoms with Gasteiger partial charge in [-0.25, -0.2) is 9.78 Å². The number of amides is 1. The fraction of sp³-hybridized carbons (Fsp3) is 0.609. The second-order valence-corrected chi connectivity index (χ2v) is 8.70. The average Bonchev–Trinajstić information content (AvgIpc) is 3.50. The zero-order valence-corrected chi connectivity index (χ0v) is 19.7. The van der Waals surface area contributed by atoms with Crippen molar-refractivity contribution < 1.29 is 19.1 Å². The Labute approximate surface area is 188 Å². The van der Waals surface area contributed by atoms with Gasteiger partial charge in [-0.3, -0.25) is 4.79 Å². The van der Waals surface area contributed by atoms with E-state index >= 15 is 0 Å². The maximum Gasteiger partial charge on any atom is 0.367 e. The summed E-state index contributed by atoms with van der Waals surface area (Å²) >= 11 is 1.25. The number of nitrogens with zero attached hydrogens (tertiary/aromatic N) is 2. The molecule has 1 saturated heterocycles. The van der Waals surface area contributed by atoms with E-state index in [1.54, 1.807) is 6.92 Å². The van der Waals surface area contributed by atoms with Gasteiger partial charge in [-0.2, -0.15) is 0 Å². The van der Waals surface area contributed by atoms with Crippen LogP contribution in [0.4, 0.5) is 0 Å². The minimum Gasteiger partial charge on any atom is -0.461 e. The van der Waals surface area contributed by atoms with Crippen LogP contribution in [0.2, 0.25) is 0 Å². The van der Waals surface area contributed by atoms with Crippen LogP contribution in [-0.4, -0.2) is 40.7 Å². The topological polar surface area (TPSA) is 82.5 Å². The summed E-state index contributed by atoms with van der Waals surface area (Å²) in [6.07, 6.45) is 5.81. The third-order valence-electron chi connectivity index (χ3n) is 5.68. The molecule has 2 aromatic heterocycles. The molecule has 0 aliphatic carbocycles. The van der Waals surface area contributed by atoms with E-state index in [9.17, 15) is 9.59 Å². The van der Waals surface area contributed by atoms with Gasteiger partial charge in [-0.15, -0.1) is 11.3 Å². The Bertz CT molecular complexity index is 899. The van der Waals surface area contributed by atoms with Crippen LogP contribution in [0.1, 0.15) is 91.4 Å². The van der Waals surface area contributed by atoms with Crippen LogP contribution in [0, 0.1) is 6.92 Å². The van der Waals surface area contributed by atoms with Crippen molar-refractivity contribution in [3.63, 3.8) is 0 Å².